The molecule has 2 saturated heterocycles. The molecule has 9 nitrogen and oxygen atoms in total. The zero-order valence-corrected chi connectivity index (χ0v) is 17.2. The summed E-state index contributed by atoms with van der Waals surface area (Å²) < 4.78 is 22.1. The molecular formula is C15H28O9S3. The number of hydrogen-bond donors (Lipinski definition) is 8. The Bertz CT molecular complexity index is 445. The Morgan fingerprint density at radius 2 is 1.30 bits per heavy atom. The lowest BCUT2D eigenvalue weighted by molar-refractivity contribution is -0.351. The number of rotatable bonds is 8. The summed E-state index contributed by atoms with van der Waals surface area (Å²) >= 11 is 12.3. The third kappa shape index (κ3) is 5.64. The molecular weight excluding hydrogens is 420 g/mol. The third-order valence-corrected chi connectivity index (χ3v) is 5.58. The fourth-order valence-electron chi connectivity index (χ4n) is 2.96. The van der Waals surface area contributed by atoms with Gasteiger partial charge >= 0.3 is 0 Å². The lowest BCUT2D eigenvalue weighted by Gasteiger charge is -2.46. The summed E-state index contributed by atoms with van der Waals surface area (Å²) in [6, 6.07) is 0. The van der Waals surface area contributed by atoms with Gasteiger partial charge in [-0.15, -0.1) is 0 Å². The van der Waals surface area contributed by atoms with E-state index < -0.39 is 61.4 Å². The largest absolute Gasteiger partial charge is 0.388 e. The van der Waals surface area contributed by atoms with Crippen LogP contribution in [0.3, 0.4) is 0 Å². The topological polar surface area (TPSA) is 138 Å². The molecule has 0 radical (unpaired) electrons. The van der Waals surface area contributed by atoms with Crippen molar-refractivity contribution >= 4 is 37.9 Å². The zero-order chi connectivity index (χ0) is 20.1. The average molecular weight is 449 g/mol. The van der Waals surface area contributed by atoms with E-state index in [1.807, 2.05) is 0 Å². The van der Waals surface area contributed by atoms with Crippen molar-refractivity contribution in [3.05, 3.63) is 0 Å². The minimum atomic E-state index is -1.56. The van der Waals surface area contributed by atoms with Gasteiger partial charge < -0.3 is 44.5 Å². The maximum atomic E-state index is 10.5. The molecule has 5 N–H and O–H groups in total. The van der Waals surface area contributed by atoms with Crippen molar-refractivity contribution in [2.75, 3.05) is 23.9 Å². The van der Waals surface area contributed by atoms with Crippen molar-refractivity contribution in [1.29, 1.82) is 0 Å². The highest BCUT2D eigenvalue weighted by atomic mass is 32.1. The van der Waals surface area contributed by atoms with E-state index in [9.17, 15) is 25.5 Å². The molecule has 2 heterocycles. The molecule has 0 amide bonds. The summed E-state index contributed by atoms with van der Waals surface area (Å²) in [5.41, 5.74) is 0. The van der Waals surface area contributed by atoms with Crippen molar-refractivity contribution in [2.24, 2.45) is 0 Å². The van der Waals surface area contributed by atoms with Crippen LogP contribution in [0.4, 0.5) is 0 Å². The van der Waals surface area contributed by atoms with Gasteiger partial charge in [0.25, 0.3) is 0 Å². The van der Waals surface area contributed by atoms with E-state index in [2.05, 4.69) is 37.9 Å². The molecule has 12 heteroatoms. The Morgan fingerprint density at radius 1 is 0.704 bits per heavy atom. The van der Waals surface area contributed by atoms with E-state index in [-0.39, 0.29) is 11.5 Å². The molecule has 0 aromatic carbocycles. The predicted molar refractivity (Wildman–Crippen MR) is 104 cm³/mol. The molecule has 2 aliphatic heterocycles. The maximum Gasteiger partial charge on any atom is 0.187 e. The summed E-state index contributed by atoms with van der Waals surface area (Å²) in [5.74, 6) is 0.809. The standard InChI is InChI=1S/C15H28O9S3/c16-8-6(4-26)22-15(11(19)9(8)17)24-13-7(5-27)23-14(12(20)10(13)18)21-2-1-3-25/h6-20,25-27H,1-5H2. The summed E-state index contributed by atoms with van der Waals surface area (Å²) in [4.78, 5) is 0. The van der Waals surface area contributed by atoms with Gasteiger partial charge in [-0.2, -0.15) is 37.9 Å². The molecule has 2 aliphatic rings. The van der Waals surface area contributed by atoms with Crippen LogP contribution >= 0.6 is 37.9 Å². The molecule has 0 spiro atoms. The molecule has 0 saturated carbocycles. The van der Waals surface area contributed by atoms with Gasteiger partial charge in [0.15, 0.2) is 12.6 Å². The van der Waals surface area contributed by atoms with Crippen molar-refractivity contribution < 1.29 is 44.5 Å². The predicted octanol–water partition coefficient (Wildman–Crippen LogP) is -2.18. The van der Waals surface area contributed by atoms with E-state index in [1.54, 1.807) is 0 Å². The zero-order valence-electron chi connectivity index (χ0n) is 14.5. The van der Waals surface area contributed by atoms with Gasteiger partial charge in [-0.3, -0.25) is 0 Å². The van der Waals surface area contributed by atoms with Gasteiger partial charge in [0.2, 0.25) is 0 Å². The third-order valence-electron chi connectivity index (χ3n) is 4.54. The van der Waals surface area contributed by atoms with Crippen LogP contribution in [0.1, 0.15) is 6.42 Å². The molecule has 10 unspecified atom stereocenters. The quantitative estimate of drug-likeness (QED) is 0.154. The molecule has 2 fully saturated rings. The van der Waals surface area contributed by atoms with E-state index in [0.717, 1.165) is 0 Å². The second-order valence-electron chi connectivity index (χ2n) is 6.45. The van der Waals surface area contributed by atoms with Crippen LogP contribution in [0.25, 0.3) is 0 Å². The van der Waals surface area contributed by atoms with Crippen molar-refractivity contribution in [3.8, 4) is 0 Å². The fraction of sp³-hybridized carbons (Fsp3) is 1.00. The van der Waals surface area contributed by atoms with Crippen molar-refractivity contribution in [1.82, 2.24) is 0 Å². The van der Waals surface area contributed by atoms with E-state index in [1.165, 1.54) is 0 Å². The van der Waals surface area contributed by atoms with Crippen LogP contribution < -0.4 is 0 Å². The second-order valence-corrected chi connectivity index (χ2v) is 7.63. The highest BCUT2D eigenvalue weighted by Crippen LogP contribution is 2.30. The van der Waals surface area contributed by atoms with Gasteiger partial charge in [-0.1, -0.05) is 0 Å². The van der Waals surface area contributed by atoms with Gasteiger partial charge in [0, 0.05) is 11.5 Å². The van der Waals surface area contributed by atoms with Crippen LogP contribution in [0, 0.1) is 0 Å². The first-order valence-electron chi connectivity index (χ1n) is 8.66. The van der Waals surface area contributed by atoms with E-state index >= 15 is 0 Å². The number of ether oxygens (including phenoxy) is 4. The molecule has 160 valence electrons. The fourth-order valence-corrected chi connectivity index (χ4v) is 3.68. The Morgan fingerprint density at radius 3 is 1.89 bits per heavy atom. The first kappa shape index (κ1) is 24.0. The first-order chi connectivity index (χ1) is 12.8. The van der Waals surface area contributed by atoms with Gasteiger partial charge in [0.05, 0.1) is 18.8 Å². The normalized spacial score (nSPS) is 45.8. The summed E-state index contributed by atoms with van der Waals surface area (Å²) in [5, 5.41) is 50.7. The van der Waals surface area contributed by atoms with Gasteiger partial charge in [0.1, 0.15) is 36.6 Å². The molecule has 0 aromatic rings. The monoisotopic (exact) mass is 448 g/mol. The Labute approximate surface area is 174 Å². The number of aliphatic hydroxyl groups is 5. The maximum absolute atomic E-state index is 10.5. The summed E-state index contributed by atoms with van der Waals surface area (Å²) in [6.45, 7) is 0.293. The lowest BCUT2D eigenvalue weighted by Crippen LogP contribution is -2.64. The van der Waals surface area contributed by atoms with Crippen LogP contribution in [0.5, 0.6) is 0 Å². The Balaban J connectivity index is 2.06. The van der Waals surface area contributed by atoms with Gasteiger partial charge in [-0.25, -0.2) is 0 Å². The van der Waals surface area contributed by atoms with Gasteiger partial charge in [-0.05, 0) is 12.2 Å². The Hall–Kier alpha value is 0.690. The summed E-state index contributed by atoms with van der Waals surface area (Å²) in [7, 11) is 0. The molecule has 10 atom stereocenters. The molecule has 2 rings (SSSR count). The minimum Gasteiger partial charge on any atom is -0.388 e. The van der Waals surface area contributed by atoms with Crippen LogP contribution in [0.2, 0.25) is 0 Å². The first-order valence-corrected chi connectivity index (χ1v) is 10.6. The highest BCUT2D eigenvalue weighted by molar-refractivity contribution is 7.80. The average Bonchev–Trinajstić information content (AvgIpc) is 2.67. The molecule has 27 heavy (non-hydrogen) atoms. The van der Waals surface area contributed by atoms with Crippen molar-refractivity contribution in [2.45, 2.75) is 67.8 Å². The van der Waals surface area contributed by atoms with Crippen molar-refractivity contribution in [3.63, 3.8) is 0 Å². The van der Waals surface area contributed by atoms with Crippen LogP contribution in [0.15, 0.2) is 0 Å². The molecule has 0 aromatic heterocycles. The molecule has 0 aliphatic carbocycles. The lowest BCUT2D eigenvalue weighted by atomic mass is 9.97. The molecule has 0 bridgehead atoms. The number of hydrogen-bond acceptors (Lipinski definition) is 12. The van der Waals surface area contributed by atoms with E-state index in [4.69, 9.17) is 18.9 Å². The highest BCUT2D eigenvalue weighted by Gasteiger charge is 2.50. The van der Waals surface area contributed by atoms with Crippen LogP contribution in [-0.2, 0) is 18.9 Å². The minimum absolute atomic E-state index is 0.0776. The Kier molecular flexibility index (Phi) is 9.92. The smallest absolute Gasteiger partial charge is 0.187 e. The number of aliphatic hydroxyl groups excluding tert-OH is 5. The number of thiol groups is 3. The van der Waals surface area contributed by atoms with E-state index in [0.29, 0.717) is 18.8 Å². The SMILES string of the molecule is OC1C(CS)OC(OC2C(CS)OC(OCCCS)C(O)C2O)C(O)C1O. The summed E-state index contributed by atoms with van der Waals surface area (Å²) in [6.07, 6.45) is -11.8. The second kappa shape index (κ2) is 11.2. The van der Waals surface area contributed by atoms with Crippen LogP contribution in [-0.4, -0.2) is 111 Å².